The molecule has 172 valence electrons. The third-order valence-corrected chi connectivity index (χ3v) is 5.30. The van der Waals surface area contributed by atoms with E-state index in [0.29, 0.717) is 31.0 Å². The van der Waals surface area contributed by atoms with Crippen LogP contribution in [-0.4, -0.2) is 49.6 Å². The van der Waals surface area contributed by atoms with Crippen LogP contribution in [0.4, 0.5) is 0 Å². The first-order valence-corrected chi connectivity index (χ1v) is 11.3. The molecule has 7 heteroatoms. The Morgan fingerprint density at radius 3 is 2.38 bits per heavy atom. The number of carbonyl (C=O) groups is 1. The standard InChI is InChI=1S/C25H34N4O3/c1-4-26-25(28-16-19(2)32-23-13-8-7-12-22(23)31-3)27-15-9-14-24(30)29-17-20-10-5-6-11-21(20)18-29/h5-8,10-13,19H,4,9,14-18H2,1-3H3,(H2,26,27,28). The van der Waals surface area contributed by atoms with E-state index < -0.39 is 0 Å². The number of amides is 1. The summed E-state index contributed by atoms with van der Waals surface area (Å²) in [6.45, 7) is 7.39. The molecule has 2 aromatic carbocycles. The first kappa shape index (κ1) is 23.4. The quantitative estimate of drug-likeness (QED) is 0.338. The van der Waals surface area contributed by atoms with Crippen LogP contribution in [0.3, 0.4) is 0 Å². The van der Waals surface area contributed by atoms with Gasteiger partial charge in [0.25, 0.3) is 0 Å². The summed E-state index contributed by atoms with van der Waals surface area (Å²) in [6.07, 6.45) is 1.16. The van der Waals surface area contributed by atoms with Gasteiger partial charge in [0.2, 0.25) is 5.91 Å². The molecule has 0 fully saturated rings. The van der Waals surface area contributed by atoms with Gasteiger partial charge in [0.05, 0.1) is 13.7 Å². The first-order chi connectivity index (χ1) is 15.6. The van der Waals surface area contributed by atoms with Crippen molar-refractivity contribution in [1.82, 2.24) is 15.5 Å². The molecule has 0 radical (unpaired) electrons. The number of nitrogens with zero attached hydrogens (tertiary/aromatic N) is 2. The highest BCUT2D eigenvalue weighted by atomic mass is 16.5. The predicted molar refractivity (Wildman–Crippen MR) is 127 cm³/mol. The van der Waals surface area contributed by atoms with Gasteiger partial charge in [-0.15, -0.1) is 0 Å². The number of hydrogen-bond donors (Lipinski definition) is 2. The van der Waals surface area contributed by atoms with Crippen LogP contribution in [0.25, 0.3) is 0 Å². The number of guanidine groups is 1. The highest BCUT2D eigenvalue weighted by Crippen LogP contribution is 2.26. The molecule has 0 spiro atoms. The molecular weight excluding hydrogens is 404 g/mol. The van der Waals surface area contributed by atoms with Gasteiger partial charge < -0.3 is 25.0 Å². The highest BCUT2D eigenvalue weighted by Gasteiger charge is 2.22. The first-order valence-electron chi connectivity index (χ1n) is 11.3. The summed E-state index contributed by atoms with van der Waals surface area (Å²) in [6, 6.07) is 15.8. The number of methoxy groups -OCH3 is 1. The monoisotopic (exact) mass is 438 g/mol. The average molecular weight is 439 g/mol. The molecular formula is C25H34N4O3. The zero-order valence-electron chi connectivity index (χ0n) is 19.3. The molecule has 1 aliphatic heterocycles. The molecule has 1 aliphatic rings. The van der Waals surface area contributed by atoms with E-state index in [9.17, 15) is 4.79 Å². The molecule has 0 saturated heterocycles. The number of benzene rings is 2. The molecule has 0 saturated carbocycles. The molecule has 1 amide bonds. The van der Waals surface area contributed by atoms with Gasteiger partial charge in [0, 0.05) is 32.6 Å². The molecule has 1 heterocycles. The normalized spacial score (nSPS) is 14.0. The lowest BCUT2D eigenvalue weighted by Gasteiger charge is -2.17. The summed E-state index contributed by atoms with van der Waals surface area (Å²) in [5.74, 6) is 2.34. The summed E-state index contributed by atoms with van der Waals surface area (Å²) >= 11 is 0. The fourth-order valence-corrected chi connectivity index (χ4v) is 3.65. The second-order valence-corrected chi connectivity index (χ2v) is 7.85. The Hall–Kier alpha value is -3.22. The van der Waals surface area contributed by atoms with Crippen molar-refractivity contribution in [1.29, 1.82) is 0 Å². The summed E-state index contributed by atoms with van der Waals surface area (Å²) in [5.41, 5.74) is 2.51. The third-order valence-electron chi connectivity index (χ3n) is 5.30. The van der Waals surface area contributed by atoms with E-state index in [1.807, 2.05) is 55.1 Å². The number of para-hydroxylation sites is 2. The molecule has 0 bridgehead atoms. The van der Waals surface area contributed by atoms with Crippen molar-refractivity contribution >= 4 is 11.9 Å². The number of ether oxygens (including phenoxy) is 2. The second-order valence-electron chi connectivity index (χ2n) is 7.85. The maximum atomic E-state index is 12.6. The Morgan fingerprint density at radius 2 is 1.72 bits per heavy atom. The molecule has 3 rings (SSSR count). The SMILES string of the molecule is CCNC(=NCC(C)Oc1ccccc1OC)NCCCC(=O)N1Cc2ccccc2C1. The van der Waals surface area contributed by atoms with Crippen molar-refractivity contribution in [2.75, 3.05) is 26.7 Å². The molecule has 1 unspecified atom stereocenters. The van der Waals surface area contributed by atoms with Crippen LogP contribution in [0.15, 0.2) is 53.5 Å². The third kappa shape index (κ3) is 6.64. The Labute approximate surface area is 190 Å². The summed E-state index contributed by atoms with van der Waals surface area (Å²) in [5, 5.41) is 6.56. The minimum atomic E-state index is -0.111. The molecule has 7 nitrogen and oxygen atoms in total. The van der Waals surface area contributed by atoms with E-state index in [4.69, 9.17) is 9.47 Å². The van der Waals surface area contributed by atoms with Gasteiger partial charge in [-0.05, 0) is 43.5 Å². The minimum absolute atomic E-state index is 0.111. The number of aliphatic imine (C=N–C) groups is 1. The van der Waals surface area contributed by atoms with E-state index in [2.05, 4.69) is 27.8 Å². The molecule has 2 N–H and O–H groups in total. The summed E-state index contributed by atoms with van der Waals surface area (Å²) in [4.78, 5) is 19.1. The number of rotatable bonds is 10. The van der Waals surface area contributed by atoms with Crippen molar-refractivity contribution in [2.45, 2.75) is 45.9 Å². The zero-order valence-corrected chi connectivity index (χ0v) is 19.3. The number of hydrogen-bond acceptors (Lipinski definition) is 4. The van der Waals surface area contributed by atoms with Crippen molar-refractivity contribution < 1.29 is 14.3 Å². The Balaban J connectivity index is 1.41. The molecule has 2 aromatic rings. The number of fused-ring (bicyclic) bond motifs is 1. The van der Waals surface area contributed by atoms with Crippen LogP contribution in [0.2, 0.25) is 0 Å². The zero-order chi connectivity index (χ0) is 22.8. The molecule has 1 atom stereocenters. The van der Waals surface area contributed by atoms with Crippen LogP contribution in [0, 0.1) is 0 Å². The van der Waals surface area contributed by atoms with Gasteiger partial charge in [-0.2, -0.15) is 0 Å². The van der Waals surface area contributed by atoms with Crippen LogP contribution in [0.1, 0.15) is 37.8 Å². The number of carbonyl (C=O) groups excluding carboxylic acids is 1. The lowest BCUT2D eigenvalue weighted by molar-refractivity contribution is -0.131. The molecule has 0 aromatic heterocycles. The van der Waals surface area contributed by atoms with Gasteiger partial charge in [-0.3, -0.25) is 4.79 Å². The van der Waals surface area contributed by atoms with Gasteiger partial charge in [-0.1, -0.05) is 36.4 Å². The van der Waals surface area contributed by atoms with Crippen LogP contribution in [0.5, 0.6) is 11.5 Å². The fraction of sp³-hybridized carbons (Fsp3) is 0.440. The van der Waals surface area contributed by atoms with Gasteiger partial charge in [0.1, 0.15) is 6.10 Å². The Morgan fingerprint density at radius 1 is 1.06 bits per heavy atom. The topological polar surface area (TPSA) is 75.2 Å². The molecule has 0 aliphatic carbocycles. The maximum Gasteiger partial charge on any atom is 0.223 e. The Kier molecular flexibility index (Phi) is 8.78. The van der Waals surface area contributed by atoms with Crippen LogP contribution >= 0.6 is 0 Å². The lowest BCUT2D eigenvalue weighted by Crippen LogP contribution is -2.39. The molecule has 32 heavy (non-hydrogen) atoms. The fourth-order valence-electron chi connectivity index (χ4n) is 3.65. The van der Waals surface area contributed by atoms with E-state index >= 15 is 0 Å². The second kappa shape index (κ2) is 12.0. The predicted octanol–water partition coefficient (Wildman–Crippen LogP) is 3.34. The van der Waals surface area contributed by atoms with Gasteiger partial charge >= 0.3 is 0 Å². The van der Waals surface area contributed by atoms with Crippen molar-refractivity contribution in [3.8, 4) is 11.5 Å². The average Bonchev–Trinajstić information content (AvgIpc) is 3.25. The van der Waals surface area contributed by atoms with Crippen LogP contribution < -0.4 is 20.1 Å². The highest BCUT2D eigenvalue weighted by molar-refractivity contribution is 5.80. The van der Waals surface area contributed by atoms with Crippen molar-refractivity contribution in [3.05, 3.63) is 59.7 Å². The van der Waals surface area contributed by atoms with E-state index in [1.54, 1.807) is 7.11 Å². The maximum absolute atomic E-state index is 12.6. The van der Waals surface area contributed by atoms with E-state index in [-0.39, 0.29) is 12.0 Å². The Bertz CT molecular complexity index is 891. The summed E-state index contributed by atoms with van der Waals surface area (Å²) < 4.78 is 11.3. The van der Waals surface area contributed by atoms with Crippen molar-refractivity contribution in [3.63, 3.8) is 0 Å². The van der Waals surface area contributed by atoms with Crippen molar-refractivity contribution in [2.24, 2.45) is 4.99 Å². The number of nitrogens with one attached hydrogen (secondary N) is 2. The van der Waals surface area contributed by atoms with E-state index in [1.165, 1.54) is 11.1 Å². The van der Waals surface area contributed by atoms with E-state index in [0.717, 1.165) is 32.0 Å². The smallest absolute Gasteiger partial charge is 0.223 e. The lowest BCUT2D eigenvalue weighted by atomic mass is 10.1. The van der Waals surface area contributed by atoms with Gasteiger partial charge in [0.15, 0.2) is 17.5 Å². The largest absolute Gasteiger partial charge is 0.493 e. The van der Waals surface area contributed by atoms with Gasteiger partial charge in [-0.25, -0.2) is 4.99 Å². The van der Waals surface area contributed by atoms with Crippen LogP contribution in [-0.2, 0) is 17.9 Å². The summed E-state index contributed by atoms with van der Waals surface area (Å²) in [7, 11) is 1.63. The minimum Gasteiger partial charge on any atom is -0.493 e.